The molecule has 3 aromatic heterocycles. The third kappa shape index (κ3) is 4.59. The molecule has 1 aliphatic rings. The van der Waals surface area contributed by atoms with Crippen LogP contribution in [0.25, 0.3) is 5.82 Å². The summed E-state index contributed by atoms with van der Waals surface area (Å²) in [6.45, 7) is 0. The number of anilines is 3. The summed E-state index contributed by atoms with van der Waals surface area (Å²) < 4.78 is 16.2. The number of nitrogens with zero attached hydrogens (tertiary/aromatic N) is 4. The molecule has 0 saturated heterocycles. The number of carbonyl (C=O) groups is 1. The van der Waals surface area contributed by atoms with Crippen LogP contribution in [0.1, 0.15) is 36.0 Å². The summed E-state index contributed by atoms with van der Waals surface area (Å²) in [7, 11) is 0. The van der Waals surface area contributed by atoms with Gasteiger partial charge in [0, 0.05) is 24.5 Å². The second-order valence-electron chi connectivity index (χ2n) is 7.38. The predicted molar refractivity (Wildman–Crippen MR) is 116 cm³/mol. The zero-order valence-electron chi connectivity index (χ0n) is 16.6. The van der Waals surface area contributed by atoms with Crippen molar-refractivity contribution < 1.29 is 9.18 Å². The molecular formula is C20H22ClFN8O. The minimum atomic E-state index is -0.818. The Morgan fingerprint density at radius 2 is 2.06 bits per heavy atom. The van der Waals surface area contributed by atoms with Crippen LogP contribution in [-0.2, 0) is 0 Å². The van der Waals surface area contributed by atoms with Crippen molar-refractivity contribution >= 4 is 34.8 Å². The number of amides is 1. The number of carbonyl (C=O) groups excluding carboxylic acids is 1. The van der Waals surface area contributed by atoms with Crippen LogP contribution in [0.3, 0.4) is 0 Å². The Morgan fingerprint density at radius 1 is 1.26 bits per heavy atom. The monoisotopic (exact) mass is 444 g/mol. The average molecular weight is 445 g/mol. The molecule has 4 rings (SSSR count). The smallest absolute Gasteiger partial charge is 0.252 e. The SMILES string of the molecule is NC(=O)c1cc(F)c(N[C@@H]2CCCC[C@@H]2N)nc1Nc1cnc(-n2cccn2)c(Cl)c1. The molecule has 0 aromatic carbocycles. The maximum Gasteiger partial charge on any atom is 0.252 e. The molecule has 2 atom stereocenters. The van der Waals surface area contributed by atoms with E-state index in [1.807, 2.05) is 0 Å². The van der Waals surface area contributed by atoms with Gasteiger partial charge in [-0.1, -0.05) is 24.4 Å². The van der Waals surface area contributed by atoms with E-state index in [1.54, 1.807) is 24.5 Å². The molecule has 31 heavy (non-hydrogen) atoms. The first-order chi connectivity index (χ1) is 14.9. The number of hydrogen-bond donors (Lipinski definition) is 4. The second-order valence-corrected chi connectivity index (χ2v) is 7.79. The molecule has 162 valence electrons. The van der Waals surface area contributed by atoms with Crippen molar-refractivity contribution in [2.75, 3.05) is 10.6 Å². The third-order valence-corrected chi connectivity index (χ3v) is 5.47. The van der Waals surface area contributed by atoms with Gasteiger partial charge in [-0.2, -0.15) is 5.10 Å². The molecule has 0 radical (unpaired) electrons. The molecule has 3 heterocycles. The molecule has 6 N–H and O–H groups in total. The molecule has 1 saturated carbocycles. The Morgan fingerprint density at radius 3 is 2.74 bits per heavy atom. The molecule has 0 unspecified atom stereocenters. The van der Waals surface area contributed by atoms with Crippen molar-refractivity contribution in [1.82, 2.24) is 19.7 Å². The lowest BCUT2D eigenvalue weighted by Gasteiger charge is -2.30. The number of aromatic nitrogens is 4. The highest BCUT2D eigenvalue weighted by Crippen LogP contribution is 2.28. The van der Waals surface area contributed by atoms with Crippen LogP contribution in [0, 0.1) is 5.82 Å². The molecule has 0 aliphatic heterocycles. The summed E-state index contributed by atoms with van der Waals surface area (Å²) in [5, 5.41) is 10.4. The first kappa shape index (κ1) is 21.0. The zero-order chi connectivity index (χ0) is 22.0. The van der Waals surface area contributed by atoms with Crippen LogP contribution in [0.2, 0.25) is 5.02 Å². The van der Waals surface area contributed by atoms with Gasteiger partial charge in [0.05, 0.1) is 22.5 Å². The maximum absolute atomic E-state index is 14.6. The van der Waals surface area contributed by atoms with Crippen LogP contribution in [-0.4, -0.2) is 37.7 Å². The van der Waals surface area contributed by atoms with Gasteiger partial charge < -0.3 is 22.1 Å². The molecule has 3 aromatic rings. The quantitative estimate of drug-likeness (QED) is 0.458. The summed E-state index contributed by atoms with van der Waals surface area (Å²) in [4.78, 5) is 20.4. The zero-order valence-corrected chi connectivity index (χ0v) is 17.3. The van der Waals surface area contributed by atoms with Gasteiger partial charge in [0.1, 0.15) is 5.82 Å². The van der Waals surface area contributed by atoms with Gasteiger partial charge in [-0.25, -0.2) is 19.0 Å². The van der Waals surface area contributed by atoms with Crippen LogP contribution in [0.15, 0.2) is 36.8 Å². The Labute approximate surface area is 183 Å². The summed E-state index contributed by atoms with van der Waals surface area (Å²) >= 11 is 6.33. The van der Waals surface area contributed by atoms with E-state index in [2.05, 4.69) is 25.7 Å². The van der Waals surface area contributed by atoms with Crippen LogP contribution in [0.5, 0.6) is 0 Å². The van der Waals surface area contributed by atoms with Crippen molar-refractivity contribution in [3.8, 4) is 5.82 Å². The van der Waals surface area contributed by atoms with E-state index in [1.165, 1.54) is 10.9 Å². The van der Waals surface area contributed by atoms with E-state index in [0.717, 1.165) is 31.7 Å². The molecule has 0 bridgehead atoms. The van der Waals surface area contributed by atoms with Crippen LogP contribution < -0.4 is 22.1 Å². The Kier molecular flexibility index (Phi) is 6.01. The number of halogens is 2. The summed E-state index contributed by atoms with van der Waals surface area (Å²) in [5.41, 5.74) is 11.9. The van der Waals surface area contributed by atoms with Crippen molar-refractivity contribution in [3.05, 3.63) is 53.2 Å². The van der Waals surface area contributed by atoms with Gasteiger partial charge in [0.25, 0.3) is 5.91 Å². The molecule has 1 amide bonds. The van der Waals surface area contributed by atoms with Crippen molar-refractivity contribution in [3.63, 3.8) is 0 Å². The standard InChI is InChI=1S/C20H22ClFN8O/c21-13-8-11(10-25-20(13)30-7-3-6-26-30)27-18-12(17(24)31)9-14(22)19(29-18)28-16-5-2-1-4-15(16)23/h3,6-10,15-16H,1-2,4-5,23H2,(H2,24,31)(H2,27,28,29)/t15-,16+/m0/s1. The topological polar surface area (TPSA) is 137 Å². The first-order valence-electron chi connectivity index (χ1n) is 9.87. The highest BCUT2D eigenvalue weighted by atomic mass is 35.5. The number of nitrogens with one attached hydrogen (secondary N) is 2. The summed E-state index contributed by atoms with van der Waals surface area (Å²) in [5.74, 6) is -0.968. The minimum absolute atomic E-state index is 0.00191. The molecule has 1 aliphatic carbocycles. The lowest BCUT2D eigenvalue weighted by molar-refractivity contribution is 0.100. The summed E-state index contributed by atoms with van der Waals surface area (Å²) in [6.07, 6.45) is 8.55. The highest BCUT2D eigenvalue weighted by Gasteiger charge is 2.24. The number of hydrogen-bond acceptors (Lipinski definition) is 7. The van der Waals surface area contributed by atoms with E-state index >= 15 is 0 Å². The van der Waals surface area contributed by atoms with Gasteiger partial charge in [0.15, 0.2) is 17.5 Å². The Hall–Kier alpha value is -3.24. The normalized spacial score (nSPS) is 18.5. The molecular weight excluding hydrogens is 423 g/mol. The van der Waals surface area contributed by atoms with E-state index in [0.29, 0.717) is 16.5 Å². The Balaban J connectivity index is 1.63. The first-order valence-corrected chi connectivity index (χ1v) is 10.2. The lowest BCUT2D eigenvalue weighted by Crippen LogP contribution is -2.43. The van der Waals surface area contributed by atoms with Gasteiger partial charge in [-0.05, 0) is 31.0 Å². The van der Waals surface area contributed by atoms with Gasteiger partial charge >= 0.3 is 0 Å². The molecule has 1 fully saturated rings. The van der Waals surface area contributed by atoms with Crippen molar-refractivity contribution in [2.45, 2.75) is 37.8 Å². The largest absolute Gasteiger partial charge is 0.365 e. The van der Waals surface area contributed by atoms with Crippen LogP contribution in [0.4, 0.5) is 21.7 Å². The molecule has 11 heteroatoms. The predicted octanol–water partition coefficient (Wildman–Crippen LogP) is 2.98. The fourth-order valence-corrected chi connectivity index (χ4v) is 3.84. The number of primary amides is 1. The fraction of sp³-hybridized carbons (Fsp3) is 0.300. The van der Waals surface area contributed by atoms with Gasteiger partial charge in [-0.15, -0.1) is 0 Å². The van der Waals surface area contributed by atoms with Crippen molar-refractivity contribution in [2.24, 2.45) is 11.5 Å². The highest BCUT2D eigenvalue weighted by molar-refractivity contribution is 6.32. The summed E-state index contributed by atoms with van der Waals surface area (Å²) in [6, 6.07) is 4.21. The molecule has 0 spiro atoms. The average Bonchev–Trinajstić information content (AvgIpc) is 3.26. The van der Waals surface area contributed by atoms with E-state index in [-0.39, 0.29) is 29.3 Å². The van der Waals surface area contributed by atoms with Gasteiger partial charge in [-0.3, -0.25) is 4.79 Å². The number of nitrogens with two attached hydrogens (primary N) is 2. The van der Waals surface area contributed by atoms with E-state index < -0.39 is 11.7 Å². The maximum atomic E-state index is 14.6. The molecule has 9 nitrogen and oxygen atoms in total. The Bertz CT molecular complexity index is 1090. The fourth-order valence-electron chi connectivity index (χ4n) is 3.59. The lowest BCUT2D eigenvalue weighted by atomic mass is 9.91. The number of pyridine rings is 2. The van der Waals surface area contributed by atoms with E-state index in [9.17, 15) is 9.18 Å². The number of rotatable bonds is 6. The minimum Gasteiger partial charge on any atom is -0.365 e. The van der Waals surface area contributed by atoms with Crippen molar-refractivity contribution in [1.29, 1.82) is 0 Å². The third-order valence-electron chi connectivity index (χ3n) is 5.19. The second kappa shape index (κ2) is 8.86. The van der Waals surface area contributed by atoms with E-state index in [4.69, 9.17) is 23.1 Å². The van der Waals surface area contributed by atoms with Crippen LogP contribution >= 0.6 is 11.6 Å². The van der Waals surface area contributed by atoms with Gasteiger partial charge in [0.2, 0.25) is 0 Å².